The molecule has 3 aromatic heterocycles. The van der Waals surface area contributed by atoms with Crippen LogP contribution in [0.15, 0.2) is 49.2 Å². The van der Waals surface area contributed by atoms with Gasteiger partial charge in [0.25, 0.3) is 11.8 Å². The first-order valence-corrected chi connectivity index (χ1v) is 7.50. The molecule has 3 heterocycles. The van der Waals surface area contributed by atoms with Gasteiger partial charge in [0.15, 0.2) is 11.6 Å². The zero-order valence-electron chi connectivity index (χ0n) is 13.4. The van der Waals surface area contributed by atoms with Gasteiger partial charge in [0.1, 0.15) is 5.75 Å². The topological polar surface area (TPSA) is 113 Å². The number of nitrogens with zero attached hydrogens (tertiary/aromatic N) is 4. The van der Waals surface area contributed by atoms with Gasteiger partial charge in [-0.1, -0.05) is 0 Å². The molecule has 0 unspecified atom stereocenters. The highest BCUT2D eigenvalue weighted by atomic mass is 16.5. The predicted octanol–water partition coefficient (Wildman–Crippen LogP) is 2.22. The molecule has 3 rings (SSSR count). The zero-order chi connectivity index (χ0) is 17.6. The minimum absolute atomic E-state index is 0.235. The molecule has 0 spiro atoms. The SMILES string of the molecule is CCOc1cccnc1Oc1cncc(-c2ncc(C(N)=O)cn2)c1. The maximum absolute atomic E-state index is 11.1. The van der Waals surface area contributed by atoms with Crippen LogP contribution in [0.3, 0.4) is 0 Å². The highest BCUT2D eigenvalue weighted by Crippen LogP contribution is 2.29. The number of primary amides is 1. The van der Waals surface area contributed by atoms with Crippen LogP contribution in [0.25, 0.3) is 11.4 Å². The molecule has 8 heteroatoms. The van der Waals surface area contributed by atoms with Crippen LogP contribution in [0, 0.1) is 0 Å². The van der Waals surface area contributed by atoms with E-state index in [-0.39, 0.29) is 5.56 Å². The van der Waals surface area contributed by atoms with Crippen molar-refractivity contribution < 1.29 is 14.3 Å². The van der Waals surface area contributed by atoms with E-state index in [1.807, 2.05) is 6.92 Å². The van der Waals surface area contributed by atoms with E-state index in [1.165, 1.54) is 12.4 Å². The number of aromatic nitrogens is 4. The lowest BCUT2D eigenvalue weighted by Gasteiger charge is -2.10. The maximum Gasteiger partial charge on any atom is 0.262 e. The van der Waals surface area contributed by atoms with Crippen molar-refractivity contribution in [1.29, 1.82) is 0 Å². The molecular weight excluding hydrogens is 322 g/mol. The average Bonchev–Trinajstić information content (AvgIpc) is 2.64. The molecule has 0 saturated heterocycles. The minimum Gasteiger partial charge on any atom is -0.488 e. The third-order valence-corrected chi connectivity index (χ3v) is 3.16. The standard InChI is InChI=1S/C17H15N5O3/c1-2-24-14-4-3-5-20-17(14)25-13-6-11(7-19-10-13)16-21-8-12(9-22-16)15(18)23/h3-10H,2H2,1H3,(H2,18,23). The Kier molecular flexibility index (Phi) is 4.79. The smallest absolute Gasteiger partial charge is 0.262 e. The van der Waals surface area contributed by atoms with Crippen molar-refractivity contribution in [1.82, 2.24) is 19.9 Å². The van der Waals surface area contributed by atoms with Crippen molar-refractivity contribution in [3.05, 3.63) is 54.7 Å². The Morgan fingerprint density at radius 1 is 1.16 bits per heavy atom. The molecule has 0 aliphatic carbocycles. The maximum atomic E-state index is 11.1. The van der Waals surface area contributed by atoms with Gasteiger partial charge in [-0.05, 0) is 25.1 Å². The van der Waals surface area contributed by atoms with Gasteiger partial charge in [-0.2, -0.15) is 0 Å². The van der Waals surface area contributed by atoms with Crippen molar-refractivity contribution in [3.8, 4) is 28.8 Å². The quantitative estimate of drug-likeness (QED) is 0.733. The molecule has 3 aromatic rings. The summed E-state index contributed by atoms with van der Waals surface area (Å²) in [6.45, 7) is 2.38. The number of amides is 1. The van der Waals surface area contributed by atoms with Gasteiger partial charge in [-0.25, -0.2) is 15.0 Å². The van der Waals surface area contributed by atoms with Gasteiger partial charge < -0.3 is 15.2 Å². The third-order valence-electron chi connectivity index (χ3n) is 3.16. The summed E-state index contributed by atoms with van der Waals surface area (Å²) in [5.74, 6) is 1.15. The summed E-state index contributed by atoms with van der Waals surface area (Å²) in [5.41, 5.74) is 6.04. The molecule has 2 N–H and O–H groups in total. The highest BCUT2D eigenvalue weighted by Gasteiger charge is 2.10. The summed E-state index contributed by atoms with van der Waals surface area (Å²) in [6.07, 6.45) is 7.48. The monoisotopic (exact) mass is 337 g/mol. The molecule has 0 atom stereocenters. The molecular formula is C17H15N5O3. The molecule has 0 aromatic carbocycles. The number of carbonyl (C=O) groups is 1. The summed E-state index contributed by atoms with van der Waals surface area (Å²) in [6, 6.07) is 5.26. The molecule has 0 bridgehead atoms. The molecule has 25 heavy (non-hydrogen) atoms. The lowest BCUT2D eigenvalue weighted by Crippen LogP contribution is -2.11. The van der Waals surface area contributed by atoms with Crippen LogP contribution in [0.5, 0.6) is 17.4 Å². The van der Waals surface area contributed by atoms with E-state index in [1.54, 1.807) is 36.8 Å². The molecule has 0 fully saturated rings. The molecule has 0 aliphatic rings. The summed E-state index contributed by atoms with van der Waals surface area (Å²) < 4.78 is 11.2. The predicted molar refractivity (Wildman–Crippen MR) is 89.3 cm³/mol. The van der Waals surface area contributed by atoms with Gasteiger partial charge in [0.05, 0.1) is 18.4 Å². The Morgan fingerprint density at radius 2 is 1.96 bits per heavy atom. The fourth-order valence-electron chi connectivity index (χ4n) is 2.03. The van der Waals surface area contributed by atoms with Crippen LogP contribution in [0.1, 0.15) is 17.3 Å². The van der Waals surface area contributed by atoms with Crippen LogP contribution < -0.4 is 15.2 Å². The first-order valence-electron chi connectivity index (χ1n) is 7.50. The Bertz CT molecular complexity index is 883. The van der Waals surface area contributed by atoms with Gasteiger partial charge >= 0.3 is 0 Å². The van der Waals surface area contributed by atoms with E-state index in [0.717, 1.165) is 0 Å². The Labute approximate surface area is 143 Å². The van der Waals surface area contributed by atoms with Gasteiger partial charge in [0, 0.05) is 30.4 Å². The second kappa shape index (κ2) is 7.35. The van der Waals surface area contributed by atoms with Gasteiger partial charge in [-0.15, -0.1) is 0 Å². The van der Waals surface area contributed by atoms with Crippen LogP contribution in [-0.2, 0) is 0 Å². The Hall–Kier alpha value is -3.55. The highest BCUT2D eigenvalue weighted by molar-refractivity contribution is 5.92. The summed E-state index contributed by atoms with van der Waals surface area (Å²) in [5, 5.41) is 0. The zero-order valence-corrected chi connectivity index (χ0v) is 13.4. The number of rotatable bonds is 6. The fraction of sp³-hybridized carbons (Fsp3) is 0.118. The van der Waals surface area contributed by atoms with E-state index in [9.17, 15) is 4.79 Å². The van der Waals surface area contributed by atoms with Crippen LogP contribution in [-0.4, -0.2) is 32.4 Å². The molecule has 0 saturated carbocycles. The number of nitrogens with two attached hydrogens (primary N) is 1. The lowest BCUT2D eigenvalue weighted by molar-refractivity contribution is 0.0999. The van der Waals surface area contributed by atoms with Crippen molar-refractivity contribution in [2.24, 2.45) is 5.73 Å². The van der Waals surface area contributed by atoms with Crippen molar-refractivity contribution in [2.45, 2.75) is 6.92 Å². The van der Waals surface area contributed by atoms with Crippen LogP contribution in [0.4, 0.5) is 0 Å². The van der Waals surface area contributed by atoms with E-state index in [2.05, 4.69) is 19.9 Å². The number of carbonyl (C=O) groups excluding carboxylic acids is 1. The minimum atomic E-state index is -0.583. The lowest BCUT2D eigenvalue weighted by atomic mass is 10.2. The molecule has 8 nitrogen and oxygen atoms in total. The molecule has 1 amide bonds. The molecule has 0 aliphatic heterocycles. The number of pyridine rings is 2. The Morgan fingerprint density at radius 3 is 2.68 bits per heavy atom. The summed E-state index contributed by atoms with van der Waals surface area (Å²) >= 11 is 0. The van der Waals surface area contributed by atoms with E-state index >= 15 is 0 Å². The first kappa shape index (κ1) is 16.3. The van der Waals surface area contributed by atoms with Crippen molar-refractivity contribution >= 4 is 5.91 Å². The largest absolute Gasteiger partial charge is 0.488 e. The molecule has 126 valence electrons. The van der Waals surface area contributed by atoms with E-state index < -0.39 is 5.91 Å². The third kappa shape index (κ3) is 3.86. The Balaban J connectivity index is 1.86. The second-order valence-corrected chi connectivity index (χ2v) is 4.91. The number of hydrogen-bond acceptors (Lipinski definition) is 7. The molecule has 0 radical (unpaired) electrons. The number of hydrogen-bond donors (Lipinski definition) is 1. The van der Waals surface area contributed by atoms with Crippen LogP contribution in [0.2, 0.25) is 0 Å². The average molecular weight is 337 g/mol. The fourth-order valence-corrected chi connectivity index (χ4v) is 2.03. The summed E-state index contributed by atoms with van der Waals surface area (Å²) in [7, 11) is 0. The van der Waals surface area contributed by atoms with Crippen molar-refractivity contribution in [2.75, 3.05) is 6.61 Å². The van der Waals surface area contributed by atoms with Crippen LogP contribution >= 0.6 is 0 Å². The van der Waals surface area contributed by atoms with E-state index in [4.69, 9.17) is 15.2 Å². The first-order chi connectivity index (χ1) is 12.2. The van der Waals surface area contributed by atoms with Gasteiger partial charge in [-0.3, -0.25) is 9.78 Å². The van der Waals surface area contributed by atoms with E-state index in [0.29, 0.717) is 35.4 Å². The second-order valence-electron chi connectivity index (χ2n) is 4.91. The number of ether oxygens (including phenoxy) is 2. The van der Waals surface area contributed by atoms with Gasteiger partial charge in [0.2, 0.25) is 0 Å². The normalized spacial score (nSPS) is 10.3. The summed E-state index contributed by atoms with van der Waals surface area (Å²) in [4.78, 5) is 27.6. The van der Waals surface area contributed by atoms with Crippen molar-refractivity contribution in [3.63, 3.8) is 0 Å².